The fourth-order valence-electron chi connectivity index (χ4n) is 0.985. The van der Waals surface area contributed by atoms with E-state index in [1.54, 1.807) is 0 Å². The molecule has 0 aromatic heterocycles. The van der Waals surface area contributed by atoms with Gasteiger partial charge in [0, 0.05) is 0 Å². The van der Waals surface area contributed by atoms with E-state index in [2.05, 4.69) is 0 Å². The summed E-state index contributed by atoms with van der Waals surface area (Å²) >= 11 is 0. The van der Waals surface area contributed by atoms with Gasteiger partial charge in [0.1, 0.15) is 31.0 Å². The summed E-state index contributed by atoms with van der Waals surface area (Å²) in [5.41, 5.74) is 0. The fourth-order valence-corrected chi connectivity index (χ4v) is 0.985. The van der Waals surface area contributed by atoms with Crippen LogP contribution in [0.3, 0.4) is 0 Å². The lowest BCUT2D eigenvalue weighted by Gasteiger charge is -2.25. The van der Waals surface area contributed by atoms with Crippen LogP contribution in [-0.2, 0) is 9.53 Å². The van der Waals surface area contributed by atoms with Crippen LogP contribution in [0.5, 0.6) is 0 Å². The van der Waals surface area contributed by atoms with Gasteiger partial charge in [0.15, 0.2) is 5.78 Å². The minimum absolute atomic E-state index is 0.206. The number of ketones is 1. The van der Waals surface area contributed by atoms with Crippen molar-refractivity contribution >= 4 is 5.78 Å². The monoisotopic (exact) mass is 238 g/mol. The van der Waals surface area contributed by atoms with Crippen molar-refractivity contribution in [3.05, 3.63) is 0 Å². The number of ether oxygens (including phenoxy) is 1. The molecule has 4 atom stereocenters. The molecule has 0 aromatic rings. The van der Waals surface area contributed by atoms with Crippen molar-refractivity contribution < 1.29 is 35.1 Å². The summed E-state index contributed by atoms with van der Waals surface area (Å²) in [4.78, 5) is 10.5. The molecular formula is C9H18O7. The summed E-state index contributed by atoms with van der Waals surface area (Å²) in [6.07, 6.45) is -6.33. The van der Waals surface area contributed by atoms with Crippen LogP contribution in [-0.4, -0.2) is 75.6 Å². The lowest BCUT2D eigenvalue weighted by Crippen LogP contribution is -2.47. The molecule has 7 heteroatoms. The zero-order valence-corrected chi connectivity index (χ0v) is 8.98. The predicted octanol–water partition coefficient (Wildman–Crippen LogP) is -2.97. The highest BCUT2D eigenvalue weighted by atomic mass is 16.5. The standard InChI is InChI=1S/C9H18O7/c1-5(11)3-16-4-7(13)9(15)8(14)6(12)2-10/h6-10,12-15H,2-4H2,1H3/t6-,7+,8+,9+/m0/s1. The first kappa shape index (κ1) is 15.4. The highest BCUT2D eigenvalue weighted by Crippen LogP contribution is 2.05. The first-order valence-electron chi connectivity index (χ1n) is 4.80. The van der Waals surface area contributed by atoms with E-state index in [0.717, 1.165) is 0 Å². The fraction of sp³-hybridized carbons (Fsp3) is 0.889. The van der Waals surface area contributed by atoms with Crippen molar-refractivity contribution in [2.24, 2.45) is 0 Å². The second-order valence-electron chi connectivity index (χ2n) is 3.52. The van der Waals surface area contributed by atoms with E-state index < -0.39 is 31.0 Å². The van der Waals surface area contributed by atoms with Crippen LogP contribution in [0.15, 0.2) is 0 Å². The molecule has 0 rings (SSSR count). The molecule has 0 amide bonds. The topological polar surface area (TPSA) is 127 Å². The van der Waals surface area contributed by atoms with E-state index in [-0.39, 0.29) is 19.0 Å². The molecular weight excluding hydrogens is 220 g/mol. The third-order valence-corrected chi connectivity index (χ3v) is 1.92. The molecule has 0 radical (unpaired) electrons. The van der Waals surface area contributed by atoms with Crippen molar-refractivity contribution in [2.45, 2.75) is 31.3 Å². The molecule has 96 valence electrons. The second kappa shape index (κ2) is 7.66. The molecule has 0 saturated carbocycles. The third-order valence-electron chi connectivity index (χ3n) is 1.92. The quantitative estimate of drug-likeness (QED) is 0.305. The predicted molar refractivity (Wildman–Crippen MR) is 52.6 cm³/mol. The molecule has 0 heterocycles. The first-order chi connectivity index (χ1) is 7.40. The van der Waals surface area contributed by atoms with Gasteiger partial charge in [-0.05, 0) is 6.92 Å². The van der Waals surface area contributed by atoms with E-state index in [0.29, 0.717) is 0 Å². The van der Waals surface area contributed by atoms with Crippen LogP contribution in [0, 0.1) is 0 Å². The van der Waals surface area contributed by atoms with Crippen molar-refractivity contribution in [3.8, 4) is 0 Å². The molecule has 0 saturated heterocycles. The summed E-state index contributed by atoms with van der Waals surface area (Å²) in [7, 11) is 0. The number of carbonyl (C=O) groups is 1. The summed E-state index contributed by atoms with van der Waals surface area (Å²) in [5.74, 6) is -0.238. The molecule has 5 N–H and O–H groups in total. The zero-order chi connectivity index (χ0) is 12.7. The molecule has 0 aromatic carbocycles. The van der Waals surface area contributed by atoms with Gasteiger partial charge in [-0.25, -0.2) is 0 Å². The van der Waals surface area contributed by atoms with Crippen molar-refractivity contribution in [2.75, 3.05) is 19.8 Å². The molecule has 16 heavy (non-hydrogen) atoms. The Hall–Kier alpha value is -0.570. The Balaban J connectivity index is 3.97. The molecule has 0 aliphatic carbocycles. The highest BCUT2D eigenvalue weighted by Gasteiger charge is 2.29. The van der Waals surface area contributed by atoms with Crippen molar-refractivity contribution in [1.29, 1.82) is 0 Å². The number of Topliss-reactive ketones (excluding diaryl/α,β-unsaturated/α-hetero) is 1. The van der Waals surface area contributed by atoms with Crippen LogP contribution < -0.4 is 0 Å². The summed E-state index contributed by atoms with van der Waals surface area (Å²) < 4.78 is 4.73. The molecule has 0 bridgehead atoms. The number of aliphatic hydroxyl groups is 5. The SMILES string of the molecule is CC(=O)COC[C@@H](O)[C@@H](O)[C@H](O)[C@@H](O)CO. The summed E-state index contributed by atoms with van der Waals surface area (Å²) in [5, 5.41) is 45.3. The smallest absolute Gasteiger partial charge is 0.155 e. The van der Waals surface area contributed by atoms with Crippen LogP contribution in [0.1, 0.15) is 6.92 Å². The second-order valence-corrected chi connectivity index (χ2v) is 3.52. The molecule has 7 nitrogen and oxygen atoms in total. The molecule has 0 fully saturated rings. The van der Waals surface area contributed by atoms with E-state index in [1.807, 2.05) is 0 Å². The minimum atomic E-state index is -1.68. The minimum Gasteiger partial charge on any atom is -0.394 e. The summed E-state index contributed by atoms with van der Waals surface area (Å²) in [6.45, 7) is 0.00477. The molecule has 0 spiro atoms. The molecule has 0 unspecified atom stereocenters. The van der Waals surface area contributed by atoms with Gasteiger partial charge in [0.05, 0.1) is 13.2 Å². The van der Waals surface area contributed by atoms with E-state index >= 15 is 0 Å². The van der Waals surface area contributed by atoms with Crippen LogP contribution >= 0.6 is 0 Å². The maximum atomic E-state index is 10.5. The maximum Gasteiger partial charge on any atom is 0.155 e. The number of aliphatic hydroxyl groups excluding tert-OH is 5. The van der Waals surface area contributed by atoms with Gasteiger partial charge in [-0.3, -0.25) is 4.79 Å². The van der Waals surface area contributed by atoms with Gasteiger partial charge >= 0.3 is 0 Å². The average Bonchev–Trinajstić information content (AvgIpc) is 2.25. The maximum absolute atomic E-state index is 10.5. The molecule has 0 aliphatic heterocycles. The Bertz CT molecular complexity index is 208. The number of hydrogen-bond donors (Lipinski definition) is 5. The Morgan fingerprint density at radius 1 is 1.12 bits per heavy atom. The Kier molecular flexibility index (Phi) is 7.39. The normalized spacial score (nSPS) is 18.9. The zero-order valence-electron chi connectivity index (χ0n) is 8.98. The Labute approximate surface area is 92.9 Å². The van der Waals surface area contributed by atoms with E-state index in [4.69, 9.17) is 14.9 Å². The third kappa shape index (κ3) is 5.50. The van der Waals surface area contributed by atoms with Gasteiger partial charge < -0.3 is 30.3 Å². The lowest BCUT2D eigenvalue weighted by molar-refractivity contribution is -0.135. The van der Waals surface area contributed by atoms with Gasteiger partial charge in [0.25, 0.3) is 0 Å². The average molecular weight is 238 g/mol. The Morgan fingerprint density at radius 2 is 1.62 bits per heavy atom. The van der Waals surface area contributed by atoms with E-state index in [9.17, 15) is 20.1 Å². The van der Waals surface area contributed by atoms with Crippen LogP contribution in [0.2, 0.25) is 0 Å². The number of rotatable bonds is 8. The lowest BCUT2D eigenvalue weighted by atomic mass is 10.0. The van der Waals surface area contributed by atoms with Gasteiger partial charge in [0.2, 0.25) is 0 Å². The van der Waals surface area contributed by atoms with Gasteiger partial charge in [-0.2, -0.15) is 0 Å². The largest absolute Gasteiger partial charge is 0.394 e. The summed E-state index contributed by atoms with van der Waals surface area (Å²) in [6, 6.07) is 0. The first-order valence-corrected chi connectivity index (χ1v) is 4.80. The van der Waals surface area contributed by atoms with Gasteiger partial charge in [-0.1, -0.05) is 0 Å². The highest BCUT2D eigenvalue weighted by molar-refractivity contribution is 5.76. The van der Waals surface area contributed by atoms with Crippen molar-refractivity contribution in [1.82, 2.24) is 0 Å². The van der Waals surface area contributed by atoms with Gasteiger partial charge in [-0.15, -0.1) is 0 Å². The van der Waals surface area contributed by atoms with E-state index in [1.165, 1.54) is 6.92 Å². The molecule has 0 aliphatic rings. The Morgan fingerprint density at radius 3 is 2.06 bits per heavy atom. The van der Waals surface area contributed by atoms with Crippen LogP contribution in [0.25, 0.3) is 0 Å². The number of carbonyl (C=O) groups excluding carboxylic acids is 1. The van der Waals surface area contributed by atoms with Crippen molar-refractivity contribution in [3.63, 3.8) is 0 Å². The number of hydrogen-bond acceptors (Lipinski definition) is 7. The van der Waals surface area contributed by atoms with Crippen LogP contribution in [0.4, 0.5) is 0 Å².